The average molecular weight is 246 g/mol. The van der Waals surface area contributed by atoms with Crippen molar-refractivity contribution in [1.29, 1.82) is 5.41 Å². The number of ether oxygens (including phenoxy) is 2. The number of likely N-dealkylation sites (N-methyl/N-ethyl adjacent to an activating group) is 1. The normalized spacial score (nSPS) is 11.0. The van der Waals surface area contributed by atoms with Crippen LogP contribution in [0.2, 0.25) is 0 Å². The first-order valence-corrected chi connectivity index (χ1v) is 5.82. The standard InChI is InChI=1S/C11H23N3O3/c1-4-16-10(12)6-5-7-14(2,3)8-9-17-11(13)15/h12H,4-9H2,1-3H3,(H-,13,15)/p+1. The van der Waals surface area contributed by atoms with Crippen molar-refractivity contribution in [2.24, 2.45) is 5.73 Å². The van der Waals surface area contributed by atoms with Gasteiger partial charge in [-0.1, -0.05) is 0 Å². The highest BCUT2D eigenvalue weighted by Crippen LogP contribution is 2.03. The van der Waals surface area contributed by atoms with Gasteiger partial charge in [0.15, 0.2) is 5.90 Å². The maximum absolute atomic E-state index is 10.4. The number of quaternary nitrogens is 1. The lowest BCUT2D eigenvalue weighted by Gasteiger charge is -2.29. The van der Waals surface area contributed by atoms with Gasteiger partial charge in [-0.05, 0) is 6.92 Å². The number of nitrogens with one attached hydrogen (secondary N) is 1. The number of rotatable bonds is 8. The van der Waals surface area contributed by atoms with Gasteiger partial charge in [-0.2, -0.15) is 0 Å². The van der Waals surface area contributed by atoms with E-state index >= 15 is 0 Å². The molecule has 0 aromatic carbocycles. The zero-order valence-corrected chi connectivity index (χ0v) is 11.0. The lowest BCUT2D eigenvalue weighted by Crippen LogP contribution is -2.43. The number of hydrogen-bond acceptors (Lipinski definition) is 4. The van der Waals surface area contributed by atoms with Gasteiger partial charge in [-0.25, -0.2) is 4.79 Å². The minimum absolute atomic E-state index is 0.325. The molecule has 0 radical (unpaired) electrons. The molecule has 0 unspecified atom stereocenters. The molecule has 0 aliphatic heterocycles. The second kappa shape index (κ2) is 7.89. The molecule has 17 heavy (non-hydrogen) atoms. The molecule has 0 rings (SSSR count). The predicted molar refractivity (Wildman–Crippen MR) is 66.0 cm³/mol. The Balaban J connectivity index is 3.69. The van der Waals surface area contributed by atoms with Crippen molar-refractivity contribution in [2.75, 3.05) is 40.4 Å². The zero-order valence-electron chi connectivity index (χ0n) is 11.0. The number of nitrogens with two attached hydrogens (primary N) is 1. The first-order valence-electron chi connectivity index (χ1n) is 5.82. The molecule has 100 valence electrons. The Morgan fingerprint density at radius 3 is 2.47 bits per heavy atom. The Bertz CT molecular complexity index is 254. The monoisotopic (exact) mass is 246 g/mol. The summed E-state index contributed by atoms with van der Waals surface area (Å²) in [6.07, 6.45) is 0.789. The van der Waals surface area contributed by atoms with E-state index in [1.807, 2.05) is 6.92 Å². The fourth-order valence-electron chi connectivity index (χ4n) is 1.42. The Kier molecular flexibility index (Phi) is 7.29. The van der Waals surface area contributed by atoms with E-state index < -0.39 is 6.09 Å². The Labute approximate surface area is 103 Å². The molecule has 6 heteroatoms. The van der Waals surface area contributed by atoms with Crippen molar-refractivity contribution in [2.45, 2.75) is 19.8 Å². The van der Waals surface area contributed by atoms with Crippen LogP contribution in [0.5, 0.6) is 0 Å². The molecule has 1 amide bonds. The van der Waals surface area contributed by atoms with Crippen molar-refractivity contribution < 1.29 is 18.8 Å². The Hall–Kier alpha value is -1.30. The highest BCUT2D eigenvalue weighted by Gasteiger charge is 2.15. The Morgan fingerprint density at radius 2 is 1.94 bits per heavy atom. The van der Waals surface area contributed by atoms with Gasteiger partial charge < -0.3 is 19.7 Å². The van der Waals surface area contributed by atoms with Gasteiger partial charge in [-0.15, -0.1) is 0 Å². The number of primary amides is 1. The second-order valence-electron chi connectivity index (χ2n) is 4.51. The van der Waals surface area contributed by atoms with E-state index in [-0.39, 0.29) is 0 Å². The van der Waals surface area contributed by atoms with Crippen LogP contribution in [0.3, 0.4) is 0 Å². The third-order valence-electron chi connectivity index (χ3n) is 2.43. The summed E-state index contributed by atoms with van der Waals surface area (Å²) in [5.41, 5.74) is 4.88. The molecule has 3 N–H and O–H groups in total. The number of hydrogen-bond donors (Lipinski definition) is 2. The molecular formula is C11H24N3O3+. The van der Waals surface area contributed by atoms with Gasteiger partial charge in [0.05, 0.1) is 27.2 Å². The third kappa shape index (κ3) is 9.62. The average Bonchev–Trinajstić information content (AvgIpc) is 2.16. The molecule has 0 aliphatic carbocycles. The molecule has 0 saturated heterocycles. The molecule has 0 heterocycles. The van der Waals surface area contributed by atoms with Crippen LogP contribution in [0.15, 0.2) is 0 Å². The van der Waals surface area contributed by atoms with Crippen molar-refractivity contribution in [3.05, 3.63) is 0 Å². The van der Waals surface area contributed by atoms with Gasteiger partial charge in [0.2, 0.25) is 0 Å². The number of nitrogens with zero attached hydrogens (tertiary/aromatic N) is 1. The summed E-state index contributed by atoms with van der Waals surface area (Å²) in [6, 6.07) is 0. The van der Waals surface area contributed by atoms with Gasteiger partial charge in [0, 0.05) is 12.8 Å². The van der Waals surface area contributed by atoms with Crippen LogP contribution in [0.4, 0.5) is 4.79 Å². The largest absolute Gasteiger partial charge is 0.481 e. The van der Waals surface area contributed by atoms with Gasteiger partial charge in [0.25, 0.3) is 0 Å². The summed E-state index contributed by atoms with van der Waals surface area (Å²) >= 11 is 0. The summed E-state index contributed by atoms with van der Waals surface area (Å²) in [7, 11) is 4.10. The lowest BCUT2D eigenvalue weighted by molar-refractivity contribution is -0.890. The van der Waals surface area contributed by atoms with E-state index in [2.05, 4.69) is 14.1 Å². The summed E-state index contributed by atoms with van der Waals surface area (Å²) in [6.45, 7) is 4.35. The Morgan fingerprint density at radius 1 is 1.29 bits per heavy atom. The zero-order chi connectivity index (χ0) is 13.3. The highest BCUT2D eigenvalue weighted by molar-refractivity contribution is 5.72. The molecule has 0 aromatic heterocycles. The fraction of sp³-hybridized carbons (Fsp3) is 0.818. The van der Waals surface area contributed by atoms with Crippen molar-refractivity contribution in [1.82, 2.24) is 0 Å². The van der Waals surface area contributed by atoms with E-state index in [0.29, 0.717) is 32.1 Å². The van der Waals surface area contributed by atoms with Crippen molar-refractivity contribution >= 4 is 12.0 Å². The van der Waals surface area contributed by atoms with Crippen molar-refractivity contribution in [3.63, 3.8) is 0 Å². The molecule has 0 atom stereocenters. The SMILES string of the molecule is CCOC(=N)CCC[N+](C)(C)CCOC(N)=O. The van der Waals surface area contributed by atoms with Gasteiger partial charge >= 0.3 is 6.09 Å². The third-order valence-corrected chi connectivity index (χ3v) is 2.43. The van der Waals surface area contributed by atoms with Crippen molar-refractivity contribution in [3.8, 4) is 0 Å². The maximum Gasteiger partial charge on any atom is 0.404 e. The van der Waals surface area contributed by atoms with Crippen LogP contribution in [-0.4, -0.2) is 56.9 Å². The molecule has 0 fully saturated rings. The number of amides is 1. The van der Waals surface area contributed by atoms with E-state index in [1.165, 1.54) is 0 Å². The molecule has 6 nitrogen and oxygen atoms in total. The van der Waals surface area contributed by atoms with Gasteiger partial charge in [-0.3, -0.25) is 5.41 Å². The summed E-state index contributed by atoms with van der Waals surface area (Å²) in [5, 5.41) is 7.48. The maximum atomic E-state index is 10.4. The van der Waals surface area contributed by atoms with Gasteiger partial charge in [0.1, 0.15) is 13.2 Å². The summed E-state index contributed by atoms with van der Waals surface area (Å²) in [5.74, 6) is 0.334. The van der Waals surface area contributed by atoms with Crippen LogP contribution >= 0.6 is 0 Å². The van der Waals surface area contributed by atoms with E-state index in [4.69, 9.17) is 20.6 Å². The first kappa shape index (κ1) is 15.7. The molecular weight excluding hydrogens is 222 g/mol. The lowest BCUT2D eigenvalue weighted by atomic mass is 10.2. The molecule has 0 aliphatic rings. The van der Waals surface area contributed by atoms with Crippen LogP contribution in [0.1, 0.15) is 19.8 Å². The molecule has 0 bridgehead atoms. The smallest absolute Gasteiger partial charge is 0.404 e. The van der Waals surface area contributed by atoms with E-state index in [0.717, 1.165) is 17.4 Å². The minimum atomic E-state index is -0.733. The van der Waals surface area contributed by atoms with E-state index in [9.17, 15) is 4.79 Å². The molecule has 0 aromatic rings. The summed E-state index contributed by atoms with van der Waals surface area (Å²) in [4.78, 5) is 10.4. The first-order chi connectivity index (χ1) is 7.87. The highest BCUT2D eigenvalue weighted by atomic mass is 16.5. The quantitative estimate of drug-likeness (QED) is 0.380. The second-order valence-corrected chi connectivity index (χ2v) is 4.51. The molecule has 0 spiro atoms. The number of carbonyl (C=O) groups excluding carboxylic acids is 1. The van der Waals surface area contributed by atoms with Crippen LogP contribution in [0.25, 0.3) is 0 Å². The van der Waals surface area contributed by atoms with Crippen LogP contribution < -0.4 is 5.73 Å². The predicted octanol–water partition coefficient (Wildman–Crippen LogP) is 0.952. The van der Waals surface area contributed by atoms with E-state index in [1.54, 1.807) is 0 Å². The minimum Gasteiger partial charge on any atom is -0.481 e. The fourth-order valence-corrected chi connectivity index (χ4v) is 1.42. The van der Waals surface area contributed by atoms with Crippen LogP contribution in [-0.2, 0) is 9.47 Å². The number of carbonyl (C=O) groups is 1. The summed E-state index contributed by atoms with van der Waals surface area (Å²) < 4.78 is 10.5. The van der Waals surface area contributed by atoms with Crippen LogP contribution in [0, 0.1) is 5.41 Å². The molecule has 0 saturated carbocycles. The topological polar surface area (TPSA) is 85.4 Å².